The first kappa shape index (κ1) is 24.9. The number of fused-ring (bicyclic) bond motifs is 1. The van der Waals surface area contributed by atoms with Gasteiger partial charge < -0.3 is 19.1 Å². The molecule has 1 aromatic carbocycles. The van der Waals surface area contributed by atoms with Crippen LogP contribution in [0.25, 0.3) is 33.5 Å². The highest BCUT2D eigenvalue weighted by molar-refractivity contribution is 5.92. The van der Waals surface area contributed by atoms with Crippen molar-refractivity contribution < 1.29 is 14.1 Å². The van der Waals surface area contributed by atoms with Gasteiger partial charge >= 0.3 is 0 Å². The molecule has 0 aliphatic carbocycles. The van der Waals surface area contributed by atoms with Crippen molar-refractivity contribution in [1.29, 1.82) is 0 Å². The van der Waals surface area contributed by atoms with Crippen LogP contribution in [-0.4, -0.2) is 57.2 Å². The number of rotatable bonds is 8. The number of carbonyl (C=O) groups excluding carboxylic acids is 1. The average Bonchev–Trinajstić information content (AvgIpc) is 3.61. The number of anilines is 1. The summed E-state index contributed by atoms with van der Waals surface area (Å²) in [7, 11) is 0. The maximum atomic E-state index is 13.0. The molecule has 0 bridgehead atoms. The van der Waals surface area contributed by atoms with E-state index in [-0.39, 0.29) is 18.1 Å². The van der Waals surface area contributed by atoms with Gasteiger partial charge in [0.25, 0.3) is 0 Å². The Kier molecular flexibility index (Phi) is 6.89. The lowest BCUT2D eigenvalue weighted by Crippen LogP contribution is -2.36. The van der Waals surface area contributed by atoms with Crippen LogP contribution in [0.3, 0.4) is 0 Å². The number of H-pyrrole nitrogens is 1. The minimum absolute atomic E-state index is 0.0783. The second-order valence-corrected chi connectivity index (χ2v) is 10.1. The van der Waals surface area contributed by atoms with E-state index >= 15 is 0 Å². The Balaban J connectivity index is 1.22. The van der Waals surface area contributed by atoms with Gasteiger partial charge in [0.1, 0.15) is 35.0 Å². The first-order valence-electron chi connectivity index (χ1n) is 13.2. The first-order valence-corrected chi connectivity index (χ1v) is 13.2. The molecule has 5 heterocycles. The van der Waals surface area contributed by atoms with E-state index in [1.54, 1.807) is 18.7 Å². The zero-order valence-electron chi connectivity index (χ0n) is 22.1. The molecular formula is C30H30N6O3. The molecule has 39 heavy (non-hydrogen) atoms. The molecule has 0 spiro atoms. The number of pyridine rings is 1. The lowest BCUT2D eigenvalue weighted by atomic mass is 9.91. The van der Waals surface area contributed by atoms with Gasteiger partial charge in [0, 0.05) is 49.2 Å². The summed E-state index contributed by atoms with van der Waals surface area (Å²) in [6.45, 7) is 7.32. The molecule has 1 aliphatic heterocycles. The van der Waals surface area contributed by atoms with Gasteiger partial charge in [-0.2, -0.15) is 0 Å². The Morgan fingerprint density at radius 3 is 2.72 bits per heavy atom. The number of ether oxygens (including phenoxy) is 1. The van der Waals surface area contributed by atoms with Gasteiger partial charge in [-0.3, -0.25) is 9.78 Å². The highest BCUT2D eigenvalue weighted by Gasteiger charge is 2.19. The van der Waals surface area contributed by atoms with Crippen molar-refractivity contribution in [3.8, 4) is 22.5 Å². The molecule has 0 unspecified atom stereocenters. The van der Waals surface area contributed by atoms with Gasteiger partial charge in [-0.05, 0) is 46.9 Å². The summed E-state index contributed by atoms with van der Waals surface area (Å²) >= 11 is 0. The zero-order chi connectivity index (χ0) is 26.8. The van der Waals surface area contributed by atoms with Crippen LogP contribution in [0.15, 0.2) is 65.7 Å². The van der Waals surface area contributed by atoms with E-state index in [0.29, 0.717) is 31.1 Å². The van der Waals surface area contributed by atoms with Crippen molar-refractivity contribution in [1.82, 2.24) is 25.1 Å². The van der Waals surface area contributed by atoms with Crippen molar-refractivity contribution in [2.45, 2.75) is 32.6 Å². The predicted molar refractivity (Wildman–Crippen MR) is 149 cm³/mol. The van der Waals surface area contributed by atoms with E-state index in [2.05, 4.69) is 68.1 Å². The van der Waals surface area contributed by atoms with Crippen LogP contribution in [0, 0.1) is 0 Å². The molecule has 5 aromatic rings. The summed E-state index contributed by atoms with van der Waals surface area (Å²) in [5, 5.41) is 5.10. The van der Waals surface area contributed by atoms with E-state index in [1.165, 1.54) is 0 Å². The molecule has 9 nitrogen and oxygen atoms in total. The van der Waals surface area contributed by atoms with E-state index in [1.807, 2.05) is 18.2 Å². The second-order valence-electron chi connectivity index (χ2n) is 10.1. The van der Waals surface area contributed by atoms with Gasteiger partial charge in [-0.1, -0.05) is 31.1 Å². The van der Waals surface area contributed by atoms with Gasteiger partial charge in [-0.15, -0.1) is 0 Å². The molecule has 0 amide bonds. The largest absolute Gasteiger partial charge is 0.378 e. The minimum Gasteiger partial charge on any atom is -0.378 e. The topological polar surface area (TPSA) is 110 Å². The summed E-state index contributed by atoms with van der Waals surface area (Å²) in [6, 6.07) is 14.0. The molecule has 198 valence electrons. The van der Waals surface area contributed by atoms with E-state index in [4.69, 9.17) is 9.26 Å². The molecule has 1 saturated heterocycles. The molecule has 0 radical (unpaired) electrons. The van der Waals surface area contributed by atoms with Crippen LogP contribution in [0.2, 0.25) is 0 Å². The van der Waals surface area contributed by atoms with Crippen molar-refractivity contribution in [3.63, 3.8) is 0 Å². The van der Waals surface area contributed by atoms with Crippen LogP contribution in [-0.2, 0) is 22.4 Å². The molecule has 0 atom stereocenters. The summed E-state index contributed by atoms with van der Waals surface area (Å²) in [6.07, 6.45) is 5.56. The number of aromatic amines is 1. The summed E-state index contributed by atoms with van der Waals surface area (Å²) in [5.41, 5.74) is 6.55. The van der Waals surface area contributed by atoms with E-state index in [0.717, 1.165) is 57.9 Å². The number of aromatic nitrogens is 5. The molecular weight excluding hydrogens is 492 g/mol. The normalized spacial score (nSPS) is 13.9. The number of Topliss-reactive ketones (excluding diaryl/α,β-unsaturated/α-hetero) is 1. The lowest BCUT2D eigenvalue weighted by molar-refractivity contribution is -0.118. The third-order valence-electron chi connectivity index (χ3n) is 7.07. The highest BCUT2D eigenvalue weighted by Crippen LogP contribution is 2.32. The number of nitrogens with zero attached hydrogens (tertiary/aromatic N) is 5. The minimum atomic E-state index is 0.0783. The van der Waals surface area contributed by atoms with Crippen LogP contribution in [0.5, 0.6) is 0 Å². The first-order chi connectivity index (χ1) is 19.0. The maximum absolute atomic E-state index is 13.0. The number of ketones is 1. The van der Waals surface area contributed by atoms with E-state index < -0.39 is 0 Å². The average molecular weight is 523 g/mol. The molecule has 1 N–H and O–H groups in total. The number of nitrogens with one attached hydrogen (secondary N) is 1. The molecule has 6 rings (SSSR count). The molecule has 0 saturated carbocycles. The predicted octanol–water partition coefficient (Wildman–Crippen LogP) is 4.99. The van der Waals surface area contributed by atoms with Crippen molar-refractivity contribution in [2.75, 3.05) is 31.2 Å². The molecule has 1 aliphatic rings. The van der Waals surface area contributed by atoms with Crippen molar-refractivity contribution in [3.05, 3.63) is 78.1 Å². The number of morpholine rings is 1. The number of carbonyl (C=O) groups is 1. The lowest BCUT2D eigenvalue weighted by Gasteiger charge is -2.27. The highest BCUT2D eigenvalue weighted by atomic mass is 16.5. The van der Waals surface area contributed by atoms with Crippen LogP contribution < -0.4 is 4.90 Å². The molecule has 9 heteroatoms. The zero-order valence-corrected chi connectivity index (χ0v) is 22.1. The van der Waals surface area contributed by atoms with Crippen LogP contribution in [0.4, 0.5) is 5.82 Å². The van der Waals surface area contributed by atoms with Crippen LogP contribution >= 0.6 is 0 Å². The Labute approximate surface area is 226 Å². The number of hydrogen-bond donors (Lipinski definition) is 1. The third kappa shape index (κ3) is 5.31. The smallest absolute Gasteiger partial charge is 0.144 e. The molecule has 4 aromatic heterocycles. The maximum Gasteiger partial charge on any atom is 0.144 e. The summed E-state index contributed by atoms with van der Waals surface area (Å²) in [4.78, 5) is 31.9. The number of benzene rings is 1. The second kappa shape index (κ2) is 10.8. The molecule has 1 fully saturated rings. The van der Waals surface area contributed by atoms with Gasteiger partial charge in [0.2, 0.25) is 0 Å². The fourth-order valence-electron chi connectivity index (χ4n) is 5.09. The Hall–Kier alpha value is -4.37. The van der Waals surface area contributed by atoms with Gasteiger partial charge in [0.05, 0.1) is 25.0 Å². The Morgan fingerprint density at radius 2 is 1.92 bits per heavy atom. The summed E-state index contributed by atoms with van der Waals surface area (Å²) < 4.78 is 10.9. The fourth-order valence-corrected chi connectivity index (χ4v) is 5.09. The number of hydrogen-bond acceptors (Lipinski definition) is 8. The van der Waals surface area contributed by atoms with Crippen LogP contribution in [0.1, 0.15) is 36.7 Å². The van der Waals surface area contributed by atoms with E-state index in [9.17, 15) is 4.79 Å². The quantitative estimate of drug-likeness (QED) is 0.304. The fraction of sp³-hybridized carbons (Fsp3) is 0.300. The summed E-state index contributed by atoms with van der Waals surface area (Å²) in [5.74, 6) is 1.81. The Morgan fingerprint density at radius 1 is 1.05 bits per heavy atom. The SMILES string of the molecule is CC(C)c1cc(-c2cc3c(N4CCOCC4)ncnc3[nH]2)ccc1CC(=O)Cc1cc(-c2cccnc2)no1. The van der Waals surface area contributed by atoms with Gasteiger partial charge in [0.15, 0.2) is 0 Å². The standard InChI is InChI=1S/C30H30N6O3/c1-19(2)25-13-21(27-16-26-29(34-27)32-18-33-30(26)36-8-10-38-11-9-36)6-5-20(25)12-23(37)14-24-15-28(35-39-24)22-4-3-7-31-17-22/h3-7,13,15-19H,8-12,14H2,1-2H3,(H,32,33,34). The van der Waals surface area contributed by atoms with Crippen molar-refractivity contribution in [2.24, 2.45) is 0 Å². The monoisotopic (exact) mass is 522 g/mol. The van der Waals surface area contributed by atoms with Crippen molar-refractivity contribution >= 4 is 22.6 Å². The third-order valence-corrected chi connectivity index (χ3v) is 7.07. The Bertz CT molecular complexity index is 1600. The van der Waals surface area contributed by atoms with Gasteiger partial charge in [-0.25, -0.2) is 9.97 Å².